The lowest BCUT2D eigenvalue weighted by Crippen LogP contribution is -2.35. The van der Waals surface area contributed by atoms with Crippen LogP contribution in [0.2, 0.25) is 0 Å². The Hall–Kier alpha value is -1.07. The Labute approximate surface area is 123 Å². The molecular formula is C16H23F3N2. The SMILES string of the molecule is CCC1CCC(C(NN)c2cccc(C(F)(F)F)c2)CC1. The van der Waals surface area contributed by atoms with E-state index in [0.29, 0.717) is 11.5 Å². The third kappa shape index (κ3) is 3.98. The number of halogens is 3. The maximum Gasteiger partial charge on any atom is 0.416 e. The molecule has 1 aromatic carbocycles. The van der Waals surface area contributed by atoms with Gasteiger partial charge in [-0.2, -0.15) is 13.2 Å². The Morgan fingerprint density at radius 1 is 1.24 bits per heavy atom. The molecule has 1 unspecified atom stereocenters. The predicted molar refractivity (Wildman–Crippen MR) is 77.2 cm³/mol. The van der Waals surface area contributed by atoms with Gasteiger partial charge in [0.2, 0.25) is 0 Å². The Morgan fingerprint density at radius 2 is 1.90 bits per heavy atom. The Morgan fingerprint density at radius 3 is 2.43 bits per heavy atom. The Bertz CT molecular complexity index is 451. The van der Waals surface area contributed by atoms with Gasteiger partial charge in [0.05, 0.1) is 5.56 Å². The lowest BCUT2D eigenvalue weighted by molar-refractivity contribution is -0.137. The van der Waals surface area contributed by atoms with Gasteiger partial charge in [-0.25, -0.2) is 0 Å². The van der Waals surface area contributed by atoms with E-state index >= 15 is 0 Å². The molecule has 2 rings (SSSR count). The first-order valence-electron chi connectivity index (χ1n) is 7.59. The Balaban J connectivity index is 2.14. The van der Waals surface area contributed by atoms with Crippen molar-refractivity contribution in [3.63, 3.8) is 0 Å². The van der Waals surface area contributed by atoms with Gasteiger partial charge in [-0.3, -0.25) is 11.3 Å². The van der Waals surface area contributed by atoms with Crippen LogP contribution < -0.4 is 11.3 Å². The maximum atomic E-state index is 12.8. The fourth-order valence-corrected chi connectivity index (χ4v) is 3.34. The lowest BCUT2D eigenvalue weighted by atomic mass is 9.76. The van der Waals surface area contributed by atoms with Crippen molar-refractivity contribution < 1.29 is 13.2 Å². The first-order valence-corrected chi connectivity index (χ1v) is 7.59. The molecule has 21 heavy (non-hydrogen) atoms. The van der Waals surface area contributed by atoms with Gasteiger partial charge < -0.3 is 0 Å². The summed E-state index contributed by atoms with van der Waals surface area (Å²) < 4.78 is 38.5. The smallest absolute Gasteiger partial charge is 0.271 e. The van der Waals surface area contributed by atoms with Gasteiger partial charge in [-0.15, -0.1) is 0 Å². The van der Waals surface area contributed by atoms with Crippen LogP contribution in [0.3, 0.4) is 0 Å². The second kappa shape index (κ2) is 6.79. The molecule has 0 bridgehead atoms. The zero-order valence-electron chi connectivity index (χ0n) is 12.3. The van der Waals surface area contributed by atoms with Crippen LogP contribution in [-0.4, -0.2) is 0 Å². The van der Waals surface area contributed by atoms with Gasteiger partial charge >= 0.3 is 6.18 Å². The molecule has 5 heteroatoms. The molecular weight excluding hydrogens is 277 g/mol. The molecule has 1 aliphatic rings. The topological polar surface area (TPSA) is 38.0 Å². The zero-order chi connectivity index (χ0) is 15.5. The number of benzene rings is 1. The standard InChI is InChI=1S/C16H23F3N2/c1-2-11-6-8-12(9-7-11)15(21-20)13-4-3-5-14(10-13)16(17,18)19/h3-5,10-12,15,21H,2,6-9,20H2,1H3. The summed E-state index contributed by atoms with van der Waals surface area (Å²) in [6.45, 7) is 2.19. The number of nitrogens with one attached hydrogen (secondary N) is 1. The Kier molecular flexibility index (Phi) is 5.27. The summed E-state index contributed by atoms with van der Waals surface area (Å²) in [5.41, 5.74) is 2.76. The van der Waals surface area contributed by atoms with E-state index in [9.17, 15) is 13.2 Å². The number of hydrazine groups is 1. The second-order valence-electron chi connectivity index (χ2n) is 5.96. The molecule has 1 fully saturated rings. The first kappa shape index (κ1) is 16.3. The highest BCUT2D eigenvalue weighted by molar-refractivity contribution is 5.28. The molecule has 118 valence electrons. The summed E-state index contributed by atoms with van der Waals surface area (Å²) >= 11 is 0. The zero-order valence-corrected chi connectivity index (χ0v) is 12.3. The highest BCUT2D eigenvalue weighted by Gasteiger charge is 2.32. The van der Waals surface area contributed by atoms with Crippen LogP contribution in [0, 0.1) is 11.8 Å². The molecule has 3 N–H and O–H groups in total. The third-order valence-electron chi connectivity index (χ3n) is 4.69. The van der Waals surface area contributed by atoms with Crippen LogP contribution in [0.15, 0.2) is 24.3 Å². The highest BCUT2D eigenvalue weighted by atomic mass is 19.4. The minimum absolute atomic E-state index is 0.204. The number of rotatable bonds is 4. The van der Waals surface area contributed by atoms with Crippen molar-refractivity contribution in [1.82, 2.24) is 5.43 Å². The molecule has 0 saturated heterocycles. The van der Waals surface area contributed by atoms with Crippen molar-refractivity contribution in [2.24, 2.45) is 17.7 Å². The number of nitrogens with two attached hydrogens (primary N) is 1. The van der Waals surface area contributed by atoms with Crippen LogP contribution in [-0.2, 0) is 6.18 Å². The van der Waals surface area contributed by atoms with E-state index in [1.807, 2.05) is 0 Å². The molecule has 2 nitrogen and oxygen atoms in total. The van der Waals surface area contributed by atoms with Crippen molar-refractivity contribution in [2.45, 2.75) is 51.2 Å². The summed E-state index contributed by atoms with van der Waals surface area (Å²) in [4.78, 5) is 0. The molecule has 0 aliphatic heterocycles. The van der Waals surface area contributed by atoms with Crippen molar-refractivity contribution >= 4 is 0 Å². The summed E-state index contributed by atoms with van der Waals surface area (Å²) in [6.07, 6.45) is 1.18. The molecule has 1 aromatic rings. The average Bonchev–Trinajstić information content (AvgIpc) is 2.48. The van der Waals surface area contributed by atoms with Crippen LogP contribution in [0.1, 0.15) is 56.2 Å². The van der Waals surface area contributed by atoms with E-state index < -0.39 is 11.7 Å². The van der Waals surface area contributed by atoms with Crippen molar-refractivity contribution in [3.05, 3.63) is 35.4 Å². The molecule has 1 aliphatic carbocycles. The number of hydrogen-bond acceptors (Lipinski definition) is 2. The maximum absolute atomic E-state index is 12.8. The van der Waals surface area contributed by atoms with Crippen molar-refractivity contribution in [2.75, 3.05) is 0 Å². The fourth-order valence-electron chi connectivity index (χ4n) is 3.34. The van der Waals surface area contributed by atoms with Gasteiger partial charge in [0, 0.05) is 6.04 Å². The largest absolute Gasteiger partial charge is 0.416 e. The van der Waals surface area contributed by atoms with Gasteiger partial charge in [-0.05, 0) is 42.4 Å². The van der Waals surface area contributed by atoms with Crippen LogP contribution in [0.4, 0.5) is 13.2 Å². The fraction of sp³-hybridized carbons (Fsp3) is 0.625. The van der Waals surface area contributed by atoms with E-state index in [0.717, 1.165) is 37.7 Å². The van der Waals surface area contributed by atoms with E-state index in [-0.39, 0.29) is 6.04 Å². The molecule has 0 aromatic heterocycles. The second-order valence-corrected chi connectivity index (χ2v) is 5.96. The first-order chi connectivity index (χ1) is 9.95. The van der Waals surface area contributed by atoms with Gasteiger partial charge in [-0.1, -0.05) is 38.3 Å². The lowest BCUT2D eigenvalue weighted by Gasteiger charge is -2.33. The van der Waals surface area contributed by atoms with E-state index in [4.69, 9.17) is 5.84 Å². The predicted octanol–water partition coefficient (Wildman–Crippen LogP) is 4.43. The normalized spacial score (nSPS) is 24.8. The van der Waals surface area contributed by atoms with Crippen molar-refractivity contribution in [3.8, 4) is 0 Å². The molecule has 1 atom stereocenters. The molecule has 0 heterocycles. The summed E-state index contributed by atoms with van der Waals surface area (Å²) in [5, 5.41) is 0. The summed E-state index contributed by atoms with van der Waals surface area (Å²) in [5.74, 6) is 6.69. The van der Waals surface area contributed by atoms with E-state index in [1.165, 1.54) is 18.6 Å². The minimum Gasteiger partial charge on any atom is -0.271 e. The molecule has 0 radical (unpaired) electrons. The van der Waals surface area contributed by atoms with E-state index in [2.05, 4.69) is 12.3 Å². The average molecular weight is 300 g/mol. The summed E-state index contributed by atoms with van der Waals surface area (Å²) in [7, 11) is 0. The van der Waals surface area contributed by atoms with E-state index in [1.54, 1.807) is 6.07 Å². The van der Waals surface area contributed by atoms with Crippen LogP contribution in [0.5, 0.6) is 0 Å². The van der Waals surface area contributed by atoms with Crippen molar-refractivity contribution in [1.29, 1.82) is 0 Å². The summed E-state index contributed by atoms with van der Waals surface area (Å²) in [6, 6.07) is 5.30. The monoisotopic (exact) mass is 300 g/mol. The third-order valence-corrected chi connectivity index (χ3v) is 4.69. The molecule has 0 spiro atoms. The molecule has 1 saturated carbocycles. The minimum atomic E-state index is -4.31. The van der Waals surface area contributed by atoms with Gasteiger partial charge in [0.25, 0.3) is 0 Å². The van der Waals surface area contributed by atoms with Gasteiger partial charge in [0.15, 0.2) is 0 Å². The molecule has 0 amide bonds. The number of hydrogen-bond donors (Lipinski definition) is 2. The van der Waals surface area contributed by atoms with Gasteiger partial charge in [0.1, 0.15) is 0 Å². The van der Waals surface area contributed by atoms with Crippen LogP contribution >= 0.6 is 0 Å². The van der Waals surface area contributed by atoms with Crippen LogP contribution in [0.25, 0.3) is 0 Å². The highest BCUT2D eigenvalue weighted by Crippen LogP contribution is 2.39. The quantitative estimate of drug-likeness (QED) is 0.638. The number of alkyl halides is 3.